The van der Waals surface area contributed by atoms with Crippen LogP contribution in [0.4, 0.5) is 0 Å². The first kappa shape index (κ1) is 22.8. The first-order valence-corrected chi connectivity index (χ1v) is 12.1. The first-order valence-electron chi connectivity index (χ1n) is 12.1. The Kier molecular flexibility index (Phi) is 7.14. The van der Waals surface area contributed by atoms with E-state index in [1.54, 1.807) is 6.20 Å². The van der Waals surface area contributed by atoms with Crippen molar-refractivity contribution in [3.63, 3.8) is 0 Å². The minimum atomic E-state index is 0.128. The third-order valence-corrected chi connectivity index (χ3v) is 7.13. The van der Waals surface area contributed by atoms with Gasteiger partial charge in [0.1, 0.15) is 5.75 Å². The molecular weight excluding hydrogens is 398 g/mol. The monoisotopic (exact) mass is 435 g/mol. The van der Waals surface area contributed by atoms with Crippen LogP contribution in [0.2, 0.25) is 0 Å². The predicted molar refractivity (Wildman–Crippen MR) is 128 cm³/mol. The molecule has 1 aromatic carbocycles. The predicted octanol–water partition coefficient (Wildman–Crippen LogP) is 4.94. The van der Waals surface area contributed by atoms with E-state index in [0.29, 0.717) is 16.9 Å². The Hall–Kier alpha value is -2.40. The Bertz CT molecular complexity index is 891. The molecule has 1 aromatic heterocycles. The highest BCUT2D eigenvalue weighted by Crippen LogP contribution is 2.42. The smallest absolute Gasteiger partial charge is 0.255 e. The van der Waals surface area contributed by atoms with Gasteiger partial charge in [0.15, 0.2) is 0 Å². The summed E-state index contributed by atoms with van der Waals surface area (Å²) in [6.45, 7) is 12.0. The summed E-state index contributed by atoms with van der Waals surface area (Å²) in [6.07, 6.45) is 6.37. The first-order chi connectivity index (χ1) is 15.4. The number of carbonyl (C=O) groups excluding carboxylic acids is 1. The second-order valence-electron chi connectivity index (χ2n) is 10.1. The summed E-state index contributed by atoms with van der Waals surface area (Å²) in [5, 5.41) is 0. The third-order valence-electron chi connectivity index (χ3n) is 7.13. The SMILES string of the molecule is Cc1ccc(C(=O)N2CCC3(CCN(Cc4ccccc4OCC(C)C)CC3)CC2)cn1. The number of pyridine rings is 1. The maximum Gasteiger partial charge on any atom is 0.255 e. The van der Waals surface area contributed by atoms with Crippen molar-refractivity contribution in [1.82, 2.24) is 14.8 Å². The third kappa shape index (κ3) is 5.50. The highest BCUT2D eigenvalue weighted by molar-refractivity contribution is 5.94. The van der Waals surface area contributed by atoms with Gasteiger partial charge in [-0.1, -0.05) is 32.0 Å². The molecule has 0 radical (unpaired) electrons. The van der Waals surface area contributed by atoms with Crippen molar-refractivity contribution in [2.24, 2.45) is 11.3 Å². The van der Waals surface area contributed by atoms with Crippen molar-refractivity contribution >= 4 is 5.91 Å². The van der Waals surface area contributed by atoms with Crippen LogP contribution < -0.4 is 4.74 Å². The zero-order valence-corrected chi connectivity index (χ0v) is 19.8. The van der Waals surface area contributed by atoms with Crippen LogP contribution >= 0.6 is 0 Å². The molecule has 5 heteroatoms. The molecule has 1 amide bonds. The molecule has 32 heavy (non-hydrogen) atoms. The molecule has 0 atom stereocenters. The van der Waals surface area contributed by atoms with E-state index >= 15 is 0 Å². The molecule has 3 heterocycles. The number of aromatic nitrogens is 1. The van der Waals surface area contributed by atoms with Crippen LogP contribution in [-0.2, 0) is 6.54 Å². The van der Waals surface area contributed by atoms with Crippen LogP contribution in [0.5, 0.6) is 5.75 Å². The van der Waals surface area contributed by atoms with Gasteiger partial charge in [0.2, 0.25) is 0 Å². The number of para-hydroxylation sites is 1. The van der Waals surface area contributed by atoms with Gasteiger partial charge in [0.25, 0.3) is 5.91 Å². The lowest BCUT2D eigenvalue weighted by atomic mass is 9.71. The van der Waals surface area contributed by atoms with Crippen LogP contribution in [0.1, 0.15) is 61.1 Å². The van der Waals surface area contributed by atoms with Crippen molar-refractivity contribution in [3.05, 3.63) is 59.4 Å². The molecule has 0 bridgehead atoms. The molecule has 2 saturated heterocycles. The van der Waals surface area contributed by atoms with Crippen molar-refractivity contribution in [2.75, 3.05) is 32.8 Å². The van der Waals surface area contributed by atoms with E-state index in [1.165, 1.54) is 18.4 Å². The van der Waals surface area contributed by atoms with Crippen LogP contribution in [0.25, 0.3) is 0 Å². The number of likely N-dealkylation sites (tertiary alicyclic amines) is 2. The van der Waals surface area contributed by atoms with E-state index in [1.807, 2.05) is 24.0 Å². The van der Waals surface area contributed by atoms with Crippen LogP contribution in [-0.4, -0.2) is 53.5 Å². The number of ether oxygens (including phenoxy) is 1. The van der Waals surface area contributed by atoms with E-state index < -0.39 is 0 Å². The molecule has 0 aliphatic carbocycles. The molecule has 4 rings (SSSR count). The number of amides is 1. The molecule has 2 aromatic rings. The Morgan fingerprint density at radius 3 is 2.38 bits per heavy atom. The fraction of sp³-hybridized carbons (Fsp3) is 0.556. The molecule has 2 aliphatic rings. The number of nitrogens with zero attached hydrogens (tertiary/aromatic N) is 3. The van der Waals surface area contributed by atoms with Gasteiger partial charge >= 0.3 is 0 Å². The average Bonchev–Trinajstić information content (AvgIpc) is 2.81. The maximum absolute atomic E-state index is 12.8. The standard InChI is InChI=1S/C27H37N3O2/c1-21(2)20-32-25-7-5-4-6-24(25)19-29-14-10-27(11-15-29)12-16-30(17-13-27)26(31)23-9-8-22(3)28-18-23/h4-9,18,21H,10-17,19-20H2,1-3H3. The number of rotatable bonds is 6. The average molecular weight is 436 g/mol. The van der Waals surface area contributed by atoms with Crippen LogP contribution in [0, 0.1) is 18.3 Å². The second-order valence-corrected chi connectivity index (χ2v) is 10.1. The van der Waals surface area contributed by atoms with E-state index in [4.69, 9.17) is 4.74 Å². The molecule has 2 aliphatic heterocycles. The largest absolute Gasteiger partial charge is 0.493 e. The molecule has 172 valence electrons. The minimum absolute atomic E-state index is 0.128. The second kappa shape index (κ2) is 10.0. The lowest BCUT2D eigenvalue weighted by Crippen LogP contribution is -2.48. The number of aryl methyl sites for hydroxylation is 1. The Morgan fingerprint density at radius 2 is 1.72 bits per heavy atom. The summed E-state index contributed by atoms with van der Waals surface area (Å²) in [6, 6.07) is 12.3. The Morgan fingerprint density at radius 1 is 1.03 bits per heavy atom. The minimum Gasteiger partial charge on any atom is -0.493 e. The number of hydrogen-bond acceptors (Lipinski definition) is 4. The molecule has 0 saturated carbocycles. The van der Waals surface area contributed by atoms with Crippen LogP contribution in [0.15, 0.2) is 42.6 Å². The summed E-state index contributed by atoms with van der Waals surface area (Å²) in [5.41, 5.74) is 3.34. The number of benzene rings is 1. The molecular formula is C27H37N3O2. The van der Waals surface area contributed by atoms with Crippen molar-refractivity contribution < 1.29 is 9.53 Å². The fourth-order valence-electron chi connectivity index (χ4n) is 4.92. The van der Waals surface area contributed by atoms with E-state index in [2.05, 4.69) is 48.0 Å². The topological polar surface area (TPSA) is 45.7 Å². The summed E-state index contributed by atoms with van der Waals surface area (Å²) in [4.78, 5) is 21.7. The quantitative estimate of drug-likeness (QED) is 0.645. The zero-order valence-electron chi connectivity index (χ0n) is 19.8. The lowest BCUT2D eigenvalue weighted by molar-refractivity contribution is 0.0283. The number of carbonyl (C=O) groups is 1. The van der Waals surface area contributed by atoms with E-state index in [9.17, 15) is 4.79 Å². The van der Waals surface area contributed by atoms with Crippen molar-refractivity contribution in [1.29, 1.82) is 0 Å². The Balaban J connectivity index is 1.28. The molecule has 2 fully saturated rings. The van der Waals surface area contributed by atoms with Gasteiger partial charge in [-0.15, -0.1) is 0 Å². The molecule has 5 nitrogen and oxygen atoms in total. The summed E-state index contributed by atoms with van der Waals surface area (Å²) >= 11 is 0. The van der Waals surface area contributed by atoms with Gasteiger partial charge in [-0.3, -0.25) is 14.7 Å². The highest BCUT2D eigenvalue weighted by Gasteiger charge is 2.38. The number of piperidine rings is 2. The van der Waals surface area contributed by atoms with E-state index in [0.717, 1.165) is 63.6 Å². The maximum atomic E-state index is 12.8. The molecule has 0 N–H and O–H groups in total. The van der Waals surface area contributed by atoms with Gasteiger partial charge in [-0.2, -0.15) is 0 Å². The normalized spacial score (nSPS) is 18.8. The van der Waals surface area contributed by atoms with Crippen LogP contribution in [0.3, 0.4) is 0 Å². The van der Waals surface area contributed by atoms with Gasteiger partial charge in [0, 0.05) is 37.1 Å². The zero-order chi connectivity index (χ0) is 22.6. The number of hydrogen-bond donors (Lipinski definition) is 0. The molecule has 0 unspecified atom stereocenters. The van der Waals surface area contributed by atoms with Gasteiger partial charge in [-0.05, 0) is 75.2 Å². The fourth-order valence-corrected chi connectivity index (χ4v) is 4.92. The summed E-state index contributed by atoms with van der Waals surface area (Å²) < 4.78 is 6.06. The lowest BCUT2D eigenvalue weighted by Gasteiger charge is -2.47. The van der Waals surface area contributed by atoms with Gasteiger partial charge in [-0.25, -0.2) is 0 Å². The summed E-state index contributed by atoms with van der Waals surface area (Å²) in [7, 11) is 0. The highest BCUT2D eigenvalue weighted by atomic mass is 16.5. The molecule has 1 spiro atoms. The van der Waals surface area contributed by atoms with Crippen molar-refractivity contribution in [3.8, 4) is 5.75 Å². The van der Waals surface area contributed by atoms with Crippen molar-refractivity contribution in [2.45, 2.75) is 53.0 Å². The van der Waals surface area contributed by atoms with Gasteiger partial charge in [0.05, 0.1) is 12.2 Å². The van der Waals surface area contributed by atoms with E-state index in [-0.39, 0.29) is 5.91 Å². The Labute approximate surface area is 192 Å². The summed E-state index contributed by atoms with van der Waals surface area (Å²) in [5.74, 6) is 1.68. The van der Waals surface area contributed by atoms with Gasteiger partial charge < -0.3 is 9.64 Å².